The van der Waals surface area contributed by atoms with Gasteiger partial charge in [0.2, 0.25) is 0 Å². The van der Waals surface area contributed by atoms with E-state index < -0.39 is 5.60 Å². The average molecular weight is 180 g/mol. The molecule has 0 unspecified atom stereocenters. The average Bonchev–Trinajstić information content (AvgIpc) is 2.53. The third kappa shape index (κ3) is 0.936. The minimum Gasteiger partial charge on any atom is -0.385 e. The van der Waals surface area contributed by atoms with Crippen molar-refractivity contribution in [3.63, 3.8) is 0 Å². The van der Waals surface area contributed by atoms with Gasteiger partial charge in [0.25, 0.3) is 0 Å². The lowest BCUT2D eigenvalue weighted by atomic mass is 9.90. The maximum Gasteiger partial charge on any atom is 0.146 e. The Hall–Kier alpha value is -0.960. The number of carbonyl (C=O) groups is 2. The van der Waals surface area contributed by atoms with E-state index in [2.05, 4.69) is 0 Å². The molecule has 3 nitrogen and oxygen atoms in total. The van der Waals surface area contributed by atoms with Crippen molar-refractivity contribution in [2.24, 2.45) is 5.92 Å². The summed E-state index contributed by atoms with van der Waals surface area (Å²) >= 11 is 0. The standard InChI is InChI=1S/C10H12O3/c1-6-7(5-11)4-8-9(12)2-3-10(6,8)13/h5,8,13H,2-4H2,1H3/t8-,10+/m0/s1. The highest BCUT2D eigenvalue weighted by atomic mass is 16.3. The Morgan fingerprint density at radius 2 is 2.31 bits per heavy atom. The fourth-order valence-electron chi connectivity index (χ4n) is 2.45. The number of hydrogen-bond donors (Lipinski definition) is 1. The molecular formula is C10H12O3. The quantitative estimate of drug-likeness (QED) is 0.602. The zero-order valence-corrected chi connectivity index (χ0v) is 7.54. The Morgan fingerprint density at radius 1 is 1.62 bits per heavy atom. The van der Waals surface area contributed by atoms with Crippen LogP contribution >= 0.6 is 0 Å². The highest BCUT2D eigenvalue weighted by Gasteiger charge is 2.52. The lowest BCUT2D eigenvalue weighted by Crippen LogP contribution is -2.32. The highest BCUT2D eigenvalue weighted by Crippen LogP contribution is 2.47. The number of aliphatic hydroxyl groups is 1. The fourth-order valence-corrected chi connectivity index (χ4v) is 2.45. The van der Waals surface area contributed by atoms with E-state index in [4.69, 9.17) is 0 Å². The molecule has 0 amide bonds. The topological polar surface area (TPSA) is 54.4 Å². The van der Waals surface area contributed by atoms with Gasteiger partial charge in [-0.25, -0.2) is 0 Å². The summed E-state index contributed by atoms with van der Waals surface area (Å²) in [6.07, 6.45) is 2.13. The molecule has 0 heterocycles. The van der Waals surface area contributed by atoms with Crippen molar-refractivity contribution < 1.29 is 14.7 Å². The van der Waals surface area contributed by atoms with E-state index in [-0.39, 0.29) is 11.7 Å². The van der Waals surface area contributed by atoms with Crippen molar-refractivity contribution in [3.8, 4) is 0 Å². The lowest BCUT2D eigenvalue weighted by Gasteiger charge is -2.23. The number of allylic oxidation sites excluding steroid dienone is 1. The van der Waals surface area contributed by atoms with Gasteiger partial charge in [0.1, 0.15) is 12.1 Å². The molecular weight excluding hydrogens is 168 g/mol. The predicted octanol–water partition coefficient (Wildman–Crippen LogP) is 0.616. The molecule has 0 aromatic heterocycles. The summed E-state index contributed by atoms with van der Waals surface area (Å²) in [5, 5.41) is 10.1. The first kappa shape index (κ1) is 8.63. The van der Waals surface area contributed by atoms with Crippen LogP contribution < -0.4 is 0 Å². The molecule has 2 aliphatic carbocycles. The van der Waals surface area contributed by atoms with Crippen LogP contribution in [0.1, 0.15) is 26.2 Å². The molecule has 70 valence electrons. The third-order valence-corrected chi connectivity index (χ3v) is 3.42. The van der Waals surface area contributed by atoms with Crippen molar-refractivity contribution in [2.75, 3.05) is 0 Å². The van der Waals surface area contributed by atoms with Crippen LogP contribution in [0.5, 0.6) is 0 Å². The number of hydrogen-bond acceptors (Lipinski definition) is 3. The van der Waals surface area contributed by atoms with Gasteiger partial charge < -0.3 is 5.11 Å². The van der Waals surface area contributed by atoms with E-state index in [1.807, 2.05) is 0 Å². The number of fused-ring (bicyclic) bond motifs is 1. The maximum absolute atomic E-state index is 11.4. The van der Waals surface area contributed by atoms with Gasteiger partial charge in [-0.05, 0) is 30.9 Å². The zero-order valence-electron chi connectivity index (χ0n) is 7.54. The van der Waals surface area contributed by atoms with Gasteiger partial charge in [-0.1, -0.05) is 0 Å². The van der Waals surface area contributed by atoms with Gasteiger partial charge in [-0.15, -0.1) is 0 Å². The van der Waals surface area contributed by atoms with Crippen molar-refractivity contribution in [2.45, 2.75) is 31.8 Å². The van der Waals surface area contributed by atoms with Crippen molar-refractivity contribution >= 4 is 12.1 Å². The molecule has 1 fully saturated rings. The molecule has 2 atom stereocenters. The van der Waals surface area contributed by atoms with Crippen LogP contribution in [0.2, 0.25) is 0 Å². The second-order valence-corrected chi connectivity index (χ2v) is 3.92. The SMILES string of the molecule is CC1=C(C=O)C[C@H]2C(=O)CC[C@@]12O. The predicted molar refractivity (Wildman–Crippen MR) is 46.1 cm³/mol. The van der Waals surface area contributed by atoms with Gasteiger partial charge in [-0.2, -0.15) is 0 Å². The van der Waals surface area contributed by atoms with Gasteiger partial charge in [0, 0.05) is 6.42 Å². The molecule has 2 rings (SSSR count). The van der Waals surface area contributed by atoms with Crippen molar-refractivity contribution in [3.05, 3.63) is 11.1 Å². The number of ketones is 1. The minimum atomic E-state index is -0.993. The molecule has 1 N–H and O–H groups in total. The van der Waals surface area contributed by atoms with Gasteiger partial charge >= 0.3 is 0 Å². The summed E-state index contributed by atoms with van der Waals surface area (Å²) in [5.74, 6) is -0.244. The molecule has 1 saturated carbocycles. The van der Waals surface area contributed by atoms with Crippen LogP contribution in [0.4, 0.5) is 0 Å². The van der Waals surface area contributed by atoms with E-state index in [0.717, 1.165) is 6.29 Å². The van der Waals surface area contributed by atoms with Crippen molar-refractivity contribution in [1.29, 1.82) is 0 Å². The van der Waals surface area contributed by atoms with Crippen LogP contribution in [0.25, 0.3) is 0 Å². The Bertz CT molecular complexity index is 316. The van der Waals surface area contributed by atoms with E-state index >= 15 is 0 Å². The molecule has 0 bridgehead atoms. The van der Waals surface area contributed by atoms with Crippen LogP contribution in [-0.2, 0) is 9.59 Å². The number of rotatable bonds is 1. The molecule has 0 aliphatic heterocycles. The number of aldehydes is 1. The van der Waals surface area contributed by atoms with Gasteiger partial charge in [0.05, 0.1) is 11.5 Å². The first-order chi connectivity index (χ1) is 6.09. The third-order valence-electron chi connectivity index (χ3n) is 3.42. The molecule has 0 saturated heterocycles. The Balaban J connectivity index is 2.43. The van der Waals surface area contributed by atoms with Crippen molar-refractivity contribution in [1.82, 2.24) is 0 Å². The summed E-state index contributed by atoms with van der Waals surface area (Å²) in [6, 6.07) is 0. The smallest absolute Gasteiger partial charge is 0.146 e. The summed E-state index contributed by atoms with van der Waals surface area (Å²) < 4.78 is 0. The Morgan fingerprint density at radius 3 is 2.85 bits per heavy atom. The summed E-state index contributed by atoms with van der Waals surface area (Å²) in [5.41, 5.74) is 0.326. The first-order valence-corrected chi connectivity index (χ1v) is 4.50. The largest absolute Gasteiger partial charge is 0.385 e. The molecule has 2 aliphatic rings. The van der Waals surface area contributed by atoms with Gasteiger partial charge in [-0.3, -0.25) is 9.59 Å². The Kier molecular flexibility index (Phi) is 1.67. The van der Waals surface area contributed by atoms with Crippen LogP contribution in [0, 0.1) is 5.92 Å². The number of carbonyl (C=O) groups excluding carboxylic acids is 2. The highest BCUT2D eigenvalue weighted by molar-refractivity contribution is 5.90. The molecule has 0 aromatic rings. The molecule has 0 radical (unpaired) electrons. The van der Waals surface area contributed by atoms with Gasteiger partial charge in [0.15, 0.2) is 0 Å². The maximum atomic E-state index is 11.4. The van der Waals surface area contributed by atoms with E-state index in [9.17, 15) is 14.7 Å². The van der Waals surface area contributed by atoms with E-state index in [1.54, 1.807) is 6.92 Å². The monoisotopic (exact) mass is 180 g/mol. The first-order valence-electron chi connectivity index (χ1n) is 4.50. The van der Waals surface area contributed by atoms with E-state index in [1.165, 1.54) is 0 Å². The normalized spacial score (nSPS) is 38.3. The molecule has 0 spiro atoms. The summed E-state index contributed by atoms with van der Waals surface area (Å²) in [6.45, 7) is 1.75. The summed E-state index contributed by atoms with van der Waals surface area (Å²) in [4.78, 5) is 22.0. The second kappa shape index (κ2) is 2.51. The molecule has 3 heteroatoms. The zero-order chi connectivity index (χ0) is 9.64. The lowest BCUT2D eigenvalue weighted by molar-refractivity contribution is -0.122. The van der Waals surface area contributed by atoms with Crippen LogP contribution in [0.15, 0.2) is 11.1 Å². The van der Waals surface area contributed by atoms with Crippen LogP contribution in [0.3, 0.4) is 0 Å². The van der Waals surface area contributed by atoms with E-state index in [0.29, 0.717) is 30.4 Å². The molecule has 13 heavy (non-hydrogen) atoms. The fraction of sp³-hybridized carbons (Fsp3) is 0.600. The second-order valence-electron chi connectivity index (χ2n) is 3.92. The number of Topliss-reactive ketones (excluding diaryl/α,β-unsaturated/α-hetero) is 1. The summed E-state index contributed by atoms with van der Waals surface area (Å²) in [7, 11) is 0. The Labute approximate surface area is 76.4 Å². The minimum absolute atomic E-state index is 0.0960. The molecule has 0 aromatic carbocycles. The van der Waals surface area contributed by atoms with Crippen LogP contribution in [-0.4, -0.2) is 22.8 Å².